The number of carbonyl (C=O) groups excluding carboxylic acids is 1. The first-order chi connectivity index (χ1) is 12.1. The van der Waals surface area contributed by atoms with Crippen LogP contribution in [0.5, 0.6) is 0 Å². The van der Waals surface area contributed by atoms with Crippen molar-refractivity contribution in [3.63, 3.8) is 0 Å². The average Bonchev–Trinajstić information content (AvgIpc) is 2.59. The first-order valence-corrected chi connectivity index (χ1v) is 8.38. The first-order valence-electron chi connectivity index (χ1n) is 7.59. The molecule has 7 heteroatoms. The number of nitrogens with one attached hydrogen (secondary N) is 3. The fraction of sp³-hybridized carbons (Fsp3) is 0.0556. The molecule has 3 rings (SSSR count). The standard InChI is InChI=1S/C18H16BrN5O/c1-12(25)21-14-6-8-15(9-7-14)22-17-10-11-20-18(24-17)23-16-4-2-13(19)3-5-16/h2-11H,1H3,(H,21,25)(H2,20,22,23,24). The molecule has 0 aliphatic rings. The van der Waals surface area contributed by atoms with Gasteiger partial charge in [-0.1, -0.05) is 15.9 Å². The molecule has 0 spiro atoms. The highest BCUT2D eigenvalue weighted by Crippen LogP contribution is 2.20. The Kier molecular flexibility index (Phi) is 5.25. The number of anilines is 5. The average molecular weight is 398 g/mol. The van der Waals surface area contributed by atoms with E-state index in [0.29, 0.717) is 11.8 Å². The zero-order valence-electron chi connectivity index (χ0n) is 13.5. The lowest BCUT2D eigenvalue weighted by Gasteiger charge is -2.09. The van der Waals surface area contributed by atoms with Gasteiger partial charge in [-0.15, -0.1) is 0 Å². The summed E-state index contributed by atoms with van der Waals surface area (Å²) >= 11 is 3.41. The van der Waals surface area contributed by atoms with E-state index in [1.807, 2.05) is 48.5 Å². The first kappa shape index (κ1) is 16.9. The number of aromatic nitrogens is 2. The van der Waals surface area contributed by atoms with E-state index in [2.05, 4.69) is 41.8 Å². The molecule has 0 saturated heterocycles. The van der Waals surface area contributed by atoms with Crippen LogP contribution < -0.4 is 16.0 Å². The molecule has 2 aromatic carbocycles. The summed E-state index contributed by atoms with van der Waals surface area (Å²) in [6.07, 6.45) is 1.68. The summed E-state index contributed by atoms with van der Waals surface area (Å²) in [7, 11) is 0. The Labute approximate surface area is 153 Å². The van der Waals surface area contributed by atoms with Crippen LogP contribution in [0.25, 0.3) is 0 Å². The largest absolute Gasteiger partial charge is 0.340 e. The molecule has 0 bridgehead atoms. The van der Waals surface area contributed by atoms with Crippen molar-refractivity contribution in [1.29, 1.82) is 0 Å². The van der Waals surface area contributed by atoms with Crippen LogP contribution in [0.2, 0.25) is 0 Å². The Balaban J connectivity index is 1.68. The molecule has 0 aliphatic carbocycles. The summed E-state index contributed by atoms with van der Waals surface area (Å²) in [6.45, 7) is 1.48. The van der Waals surface area contributed by atoms with E-state index >= 15 is 0 Å². The minimum atomic E-state index is -0.0971. The number of nitrogens with zero attached hydrogens (tertiary/aromatic N) is 2. The zero-order chi connectivity index (χ0) is 17.6. The van der Waals surface area contributed by atoms with Gasteiger partial charge in [0.25, 0.3) is 0 Å². The van der Waals surface area contributed by atoms with Crippen molar-refractivity contribution in [2.24, 2.45) is 0 Å². The van der Waals surface area contributed by atoms with Crippen LogP contribution in [-0.2, 0) is 4.79 Å². The van der Waals surface area contributed by atoms with Crippen molar-refractivity contribution in [2.45, 2.75) is 6.92 Å². The highest BCUT2D eigenvalue weighted by atomic mass is 79.9. The summed E-state index contributed by atoms with van der Waals surface area (Å²) in [5.41, 5.74) is 2.51. The normalized spacial score (nSPS) is 10.2. The van der Waals surface area contributed by atoms with Gasteiger partial charge in [-0.25, -0.2) is 4.98 Å². The number of hydrogen-bond donors (Lipinski definition) is 3. The van der Waals surface area contributed by atoms with Crippen LogP contribution in [0.15, 0.2) is 65.3 Å². The highest BCUT2D eigenvalue weighted by molar-refractivity contribution is 9.10. The van der Waals surface area contributed by atoms with Crippen molar-refractivity contribution in [3.8, 4) is 0 Å². The summed E-state index contributed by atoms with van der Waals surface area (Å²) in [5.74, 6) is 1.07. The predicted octanol–water partition coefficient (Wildman–Crippen LogP) is 4.68. The van der Waals surface area contributed by atoms with Crippen LogP contribution in [0, 0.1) is 0 Å². The van der Waals surface area contributed by atoms with Gasteiger partial charge >= 0.3 is 0 Å². The van der Waals surface area contributed by atoms with E-state index in [0.717, 1.165) is 21.5 Å². The van der Waals surface area contributed by atoms with Gasteiger partial charge in [-0.05, 0) is 54.6 Å². The Morgan fingerprint density at radius 2 is 1.48 bits per heavy atom. The molecule has 6 nitrogen and oxygen atoms in total. The fourth-order valence-corrected chi connectivity index (χ4v) is 2.40. The number of rotatable bonds is 5. The Hall–Kier alpha value is -2.93. The maximum Gasteiger partial charge on any atom is 0.229 e. The third-order valence-electron chi connectivity index (χ3n) is 3.23. The molecule has 1 aromatic heterocycles. The van der Waals surface area contributed by atoms with Crippen LogP contribution in [-0.4, -0.2) is 15.9 Å². The van der Waals surface area contributed by atoms with E-state index in [1.54, 1.807) is 12.3 Å². The number of amides is 1. The topological polar surface area (TPSA) is 78.9 Å². The zero-order valence-corrected chi connectivity index (χ0v) is 15.0. The van der Waals surface area contributed by atoms with Crippen LogP contribution in [0.1, 0.15) is 6.92 Å². The van der Waals surface area contributed by atoms with Gasteiger partial charge in [0.05, 0.1) is 0 Å². The molecule has 3 aromatic rings. The summed E-state index contributed by atoms with van der Waals surface area (Å²) in [6, 6.07) is 16.9. The summed E-state index contributed by atoms with van der Waals surface area (Å²) < 4.78 is 1.01. The SMILES string of the molecule is CC(=O)Nc1ccc(Nc2ccnc(Nc3ccc(Br)cc3)n2)cc1. The van der Waals surface area contributed by atoms with Gasteiger partial charge in [-0.2, -0.15) is 4.98 Å². The van der Waals surface area contributed by atoms with Crippen LogP contribution in [0.3, 0.4) is 0 Å². The summed E-state index contributed by atoms with van der Waals surface area (Å²) in [5, 5.41) is 9.10. The van der Waals surface area contributed by atoms with Gasteiger partial charge in [0.2, 0.25) is 11.9 Å². The van der Waals surface area contributed by atoms with Crippen molar-refractivity contribution < 1.29 is 4.79 Å². The second-order valence-corrected chi connectivity index (χ2v) is 6.20. The highest BCUT2D eigenvalue weighted by Gasteiger charge is 2.02. The number of hydrogen-bond acceptors (Lipinski definition) is 5. The van der Waals surface area contributed by atoms with Crippen molar-refractivity contribution in [1.82, 2.24) is 9.97 Å². The van der Waals surface area contributed by atoms with Gasteiger partial charge < -0.3 is 16.0 Å². The number of carbonyl (C=O) groups is 1. The molecular weight excluding hydrogens is 382 g/mol. The van der Waals surface area contributed by atoms with Crippen LogP contribution in [0.4, 0.5) is 28.8 Å². The van der Waals surface area contributed by atoms with Gasteiger partial charge in [-0.3, -0.25) is 4.79 Å². The molecule has 1 heterocycles. The van der Waals surface area contributed by atoms with E-state index < -0.39 is 0 Å². The minimum Gasteiger partial charge on any atom is -0.340 e. The number of benzene rings is 2. The molecule has 25 heavy (non-hydrogen) atoms. The molecular formula is C18H16BrN5O. The quantitative estimate of drug-likeness (QED) is 0.582. The van der Waals surface area contributed by atoms with Crippen LogP contribution >= 0.6 is 15.9 Å². The Morgan fingerprint density at radius 3 is 2.16 bits per heavy atom. The van der Waals surface area contributed by atoms with E-state index in [9.17, 15) is 4.79 Å². The van der Waals surface area contributed by atoms with Gasteiger partial charge in [0, 0.05) is 34.7 Å². The lowest BCUT2D eigenvalue weighted by atomic mass is 10.2. The van der Waals surface area contributed by atoms with E-state index in [-0.39, 0.29) is 5.91 Å². The third-order valence-corrected chi connectivity index (χ3v) is 3.76. The van der Waals surface area contributed by atoms with Crippen molar-refractivity contribution in [2.75, 3.05) is 16.0 Å². The monoisotopic (exact) mass is 397 g/mol. The summed E-state index contributed by atoms with van der Waals surface area (Å²) in [4.78, 5) is 19.7. The van der Waals surface area contributed by atoms with Crippen molar-refractivity contribution in [3.05, 3.63) is 65.3 Å². The molecule has 0 fully saturated rings. The van der Waals surface area contributed by atoms with Gasteiger partial charge in [0.15, 0.2) is 0 Å². The molecule has 0 saturated carbocycles. The maximum absolute atomic E-state index is 11.0. The lowest BCUT2D eigenvalue weighted by Crippen LogP contribution is -2.05. The Morgan fingerprint density at radius 1 is 0.880 bits per heavy atom. The van der Waals surface area contributed by atoms with E-state index in [1.165, 1.54) is 6.92 Å². The predicted molar refractivity (Wildman–Crippen MR) is 103 cm³/mol. The van der Waals surface area contributed by atoms with Crippen molar-refractivity contribution >= 4 is 50.7 Å². The van der Waals surface area contributed by atoms with E-state index in [4.69, 9.17) is 0 Å². The molecule has 0 atom stereocenters. The lowest BCUT2D eigenvalue weighted by molar-refractivity contribution is -0.114. The number of halogens is 1. The van der Waals surface area contributed by atoms with Gasteiger partial charge in [0.1, 0.15) is 5.82 Å². The molecule has 3 N–H and O–H groups in total. The molecule has 1 amide bonds. The smallest absolute Gasteiger partial charge is 0.229 e. The molecule has 0 aliphatic heterocycles. The third kappa shape index (κ3) is 5.02. The maximum atomic E-state index is 11.0. The molecule has 0 radical (unpaired) electrons. The fourth-order valence-electron chi connectivity index (χ4n) is 2.14. The Bertz CT molecular complexity index is 865. The second-order valence-electron chi connectivity index (χ2n) is 5.28. The molecule has 126 valence electrons. The second kappa shape index (κ2) is 7.76. The minimum absolute atomic E-state index is 0.0971. The molecule has 0 unspecified atom stereocenters.